The van der Waals surface area contributed by atoms with Gasteiger partial charge < -0.3 is 0 Å². The van der Waals surface area contributed by atoms with Gasteiger partial charge in [-0.15, -0.1) is 23.2 Å². The highest BCUT2D eigenvalue weighted by atomic mass is 79.9. The summed E-state index contributed by atoms with van der Waals surface area (Å²) in [5, 5.41) is 15.0. The third-order valence-corrected chi connectivity index (χ3v) is 6.54. The van der Waals surface area contributed by atoms with Gasteiger partial charge in [0.2, 0.25) is 0 Å². The first-order valence-electron chi connectivity index (χ1n) is 6.34. The number of nitriles is 1. The van der Waals surface area contributed by atoms with E-state index < -0.39 is 9.75 Å². The summed E-state index contributed by atoms with van der Waals surface area (Å²) >= 11 is 34.3. The van der Waals surface area contributed by atoms with E-state index in [1.807, 2.05) is 6.92 Å². The largest absolute Gasteiger partial charge is 0.222 e. The fourth-order valence-electron chi connectivity index (χ4n) is 2.42. The zero-order chi connectivity index (χ0) is 17.2. The Morgan fingerprint density at radius 2 is 1.78 bits per heavy atom. The minimum absolute atomic E-state index is 0.311. The number of halogens is 6. The zero-order valence-corrected chi connectivity index (χ0v) is 16.8. The van der Waals surface area contributed by atoms with E-state index in [1.165, 1.54) is 4.68 Å². The Labute approximate surface area is 166 Å². The van der Waals surface area contributed by atoms with Crippen molar-refractivity contribution < 1.29 is 0 Å². The van der Waals surface area contributed by atoms with Crippen LogP contribution in [0.15, 0.2) is 16.7 Å². The third-order valence-electron chi connectivity index (χ3n) is 3.91. The summed E-state index contributed by atoms with van der Waals surface area (Å²) in [5.41, 5.74) is 0.656. The fourth-order valence-corrected chi connectivity index (χ4v) is 4.65. The molecule has 120 valence electrons. The fraction of sp³-hybridized carbons (Fsp3) is 0.286. The smallest absolute Gasteiger partial charge is 0.130 e. The lowest BCUT2D eigenvalue weighted by Gasteiger charge is -2.10. The Hall–Kier alpha value is -0.150. The van der Waals surface area contributed by atoms with E-state index in [0.717, 1.165) is 0 Å². The van der Waals surface area contributed by atoms with Crippen molar-refractivity contribution in [3.05, 3.63) is 43.1 Å². The summed E-state index contributed by atoms with van der Waals surface area (Å²) in [4.78, 5) is 0. The van der Waals surface area contributed by atoms with E-state index in [-0.39, 0.29) is 0 Å². The van der Waals surface area contributed by atoms with Crippen LogP contribution in [0.5, 0.6) is 0 Å². The number of aromatic nitrogens is 2. The second kappa shape index (κ2) is 5.69. The summed E-state index contributed by atoms with van der Waals surface area (Å²) < 4.78 is 0.936. The van der Waals surface area contributed by atoms with Crippen LogP contribution in [-0.4, -0.2) is 14.1 Å². The molecule has 0 N–H and O–H groups in total. The maximum atomic E-state index is 9.50. The van der Waals surface area contributed by atoms with Gasteiger partial charge in [-0.25, -0.2) is 4.68 Å². The first-order chi connectivity index (χ1) is 10.6. The maximum absolute atomic E-state index is 9.50. The van der Waals surface area contributed by atoms with Gasteiger partial charge in [0.25, 0.3) is 0 Å². The minimum Gasteiger partial charge on any atom is -0.222 e. The molecule has 9 heteroatoms. The minimum atomic E-state index is -0.954. The molecule has 1 atom stereocenters. The number of alkyl halides is 2. The molecule has 2 aromatic rings. The highest BCUT2D eigenvalue weighted by Crippen LogP contribution is 2.65. The Balaban J connectivity index is 2.25. The van der Waals surface area contributed by atoms with Crippen LogP contribution >= 0.6 is 73.9 Å². The van der Waals surface area contributed by atoms with E-state index in [0.29, 0.717) is 43.0 Å². The van der Waals surface area contributed by atoms with Crippen LogP contribution in [0, 0.1) is 11.3 Å². The Morgan fingerprint density at radius 3 is 2.22 bits per heavy atom. The van der Waals surface area contributed by atoms with Gasteiger partial charge in [-0.3, -0.25) is 0 Å². The summed E-state index contributed by atoms with van der Waals surface area (Å²) in [5.74, 6) is 0. The standard InChI is InChI=1S/C14H7BrCl5N3/c1-13(5-14(13,19)20)11-7(4-21)12(15)23(22-11)10-8(17)2-6(16)3-9(10)18/h2-3H,5H2,1H3. The van der Waals surface area contributed by atoms with Crippen molar-refractivity contribution in [3.63, 3.8) is 0 Å². The molecule has 1 saturated carbocycles. The SMILES string of the molecule is CC1(c2nn(-c3c(Cl)cc(Cl)cc3Cl)c(Br)c2C#N)CC1(Cl)Cl. The van der Waals surface area contributed by atoms with Crippen molar-refractivity contribution in [1.82, 2.24) is 9.78 Å². The van der Waals surface area contributed by atoms with Crippen LogP contribution in [0.25, 0.3) is 5.69 Å². The number of hydrogen-bond donors (Lipinski definition) is 0. The maximum Gasteiger partial charge on any atom is 0.130 e. The lowest BCUT2D eigenvalue weighted by molar-refractivity contribution is 0.705. The second-order valence-corrected chi connectivity index (χ2v) is 8.96. The number of rotatable bonds is 2. The molecule has 1 heterocycles. The second-order valence-electron chi connectivity index (χ2n) is 5.47. The number of nitrogens with zero attached hydrogens (tertiary/aromatic N) is 3. The Kier molecular flexibility index (Phi) is 4.37. The topological polar surface area (TPSA) is 41.6 Å². The molecule has 0 amide bonds. The number of hydrogen-bond acceptors (Lipinski definition) is 2. The molecule has 0 aliphatic heterocycles. The first kappa shape index (κ1) is 17.7. The lowest BCUT2D eigenvalue weighted by Crippen LogP contribution is -2.13. The van der Waals surface area contributed by atoms with Crippen molar-refractivity contribution in [2.24, 2.45) is 0 Å². The van der Waals surface area contributed by atoms with Gasteiger partial charge >= 0.3 is 0 Å². The Bertz CT molecular complexity index is 847. The molecule has 1 fully saturated rings. The van der Waals surface area contributed by atoms with Crippen LogP contribution < -0.4 is 0 Å². The predicted molar refractivity (Wildman–Crippen MR) is 97.4 cm³/mol. The summed E-state index contributed by atoms with van der Waals surface area (Å²) in [6.45, 7) is 1.86. The zero-order valence-electron chi connectivity index (χ0n) is 11.5. The van der Waals surface area contributed by atoms with Gasteiger partial charge in [0, 0.05) is 10.4 Å². The van der Waals surface area contributed by atoms with Gasteiger partial charge in [0.05, 0.1) is 15.7 Å². The van der Waals surface area contributed by atoms with E-state index in [1.54, 1.807) is 12.1 Å². The van der Waals surface area contributed by atoms with Crippen LogP contribution in [0.3, 0.4) is 0 Å². The average Bonchev–Trinajstić information content (AvgIpc) is 2.78. The molecule has 1 unspecified atom stereocenters. The molecular formula is C14H7BrCl5N3. The monoisotopic (exact) mass is 471 g/mol. The molecule has 1 aromatic heterocycles. The molecule has 3 nitrogen and oxygen atoms in total. The number of benzene rings is 1. The van der Waals surface area contributed by atoms with Gasteiger partial charge in [-0.05, 0) is 34.5 Å². The molecule has 23 heavy (non-hydrogen) atoms. The van der Waals surface area contributed by atoms with Crippen LogP contribution in [0.4, 0.5) is 0 Å². The normalized spacial score (nSPS) is 22.0. The highest BCUT2D eigenvalue weighted by Gasteiger charge is 2.66. The van der Waals surface area contributed by atoms with E-state index in [9.17, 15) is 5.26 Å². The predicted octanol–water partition coefficient (Wildman–Crippen LogP) is 6.30. The molecule has 1 aliphatic rings. The van der Waals surface area contributed by atoms with Gasteiger partial charge in [-0.2, -0.15) is 10.4 Å². The average molecular weight is 474 g/mol. The van der Waals surface area contributed by atoms with E-state index >= 15 is 0 Å². The van der Waals surface area contributed by atoms with Crippen LogP contribution in [0.1, 0.15) is 24.6 Å². The molecule has 0 spiro atoms. The van der Waals surface area contributed by atoms with Gasteiger partial charge in [-0.1, -0.05) is 41.7 Å². The Morgan fingerprint density at radius 1 is 1.26 bits per heavy atom. The van der Waals surface area contributed by atoms with Crippen molar-refractivity contribution in [2.45, 2.75) is 23.1 Å². The van der Waals surface area contributed by atoms with Gasteiger partial charge in [0.15, 0.2) is 0 Å². The van der Waals surface area contributed by atoms with Crippen molar-refractivity contribution in [2.75, 3.05) is 0 Å². The molecule has 0 saturated heterocycles. The molecule has 0 radical (unpaired) electrons. The summed E-state index contributed by atoms with van der Waals surface area (Å²) in [6.07, 6.45) is 0.503. The molecular weight excluding hydrogens is 467 g/mol. The van der Waals surface area contributed by atoms with E-state index in [4.69, 9.17) is 58.0 Å². The molecule has 1 aliphatic carbocycles. The quantitative estimate of drug-likeness (QED) is 0.480. The summed E-state index contributed by atoms with van der Waals surface area (Å²) in [6, 6.07) is 5.23. The van der Waals surface area contributed by atoms with Crippen LogP contribution in [0.2, 0.25) is 15.1 Å². The molecule has 0 bridgehead atoms. The molecule has 3 rings (SSSR count). The third kappa shape index (κ3) is 2.66. The van der Waals surface area contributed by atoms with Crippen molar-refractivity contribution in [1.29, 1.82) is 5.26 Å². The lowest BCUT2D eigenvalue weighted by atomic mass is 10.0. The first-order valence-corrected chi connectivity index (χ1v) is 9.02. The highest BCUT2D eigenvalue weighted by molar-refractivity contribution is 9.10. The molecule has 1 aromatic carbocycles. The van der Waals surface area contributed by atoms with Crippen molar-refractivity contribution >= 4 is 73.9 Å². The van der Waals surface area contributed by atoms with Gasteiger partial charge in [0.1, 0.15) is 26.3 Å². The van der Waals surface area contributed by atoms with Crippen LogP contribution in [-0.2, 0) is 5.41 Å². The van der Waals surface area contributed by atoms with Crippen molar-refractivity contribution in [3.8, 4) is 11.8 Å². The van der Waals surface area contributed by atoms with E-state index in [2.05, 4.69) is 27.1 Å². The summed E-state index contributed by atoms with van der Waals surface area (Å²) in [7, 11) is 0.